The van der Waals surface area contributed by atoms with Crippen LogP contribution in [0.15, 0.2) is 18.2 Å². The molecule has 0 N–H and O–H groups in total. The Balaban J connectivity index is 2.12. The number of nitrogens with zero attached hydrogens (tertiary/aromatic N) is 2. The molecule has 1 heterocycles. The fraction of sp³-hybridized carbons (Fsp3) is 0.571. The predicted octanol–water partition coefficient (Wildman–Crippen LogP) is 3.13. The van der Waals surface area contributed by atoms with Crippen molar-refractivity contribution in [2.24, 2.45) is 0 Å². The van der Waals surface area contributed by atoms with Crippen LogP contribution < -0.4 is 4.90 Å². The number of anilines is 1. The van der Waals surface area contributed by atoms with Crippen molar-refractivity contribution in [1.82, 2.24) is 0 Å². The normalized spacial score (nSPS) is 19.1. The largest absolute Gasteiger partial charge is 0.376 e. The van der Waals surface area contributed by atoms with Gasteiger partial charge in [0.15, 0.2) is 0 Å². The average molecular weight is 282 g/mol. The van der Waals surface area contributed by atoms with Gasteiger partial charge in [-0.25, -0.2) is 4.39 Å². The van der Waals surface area contributed by atoms with Gasteiger partial charge in [-0.05, 0) is 25.3 Å². The van der Waals surface area contributed by atoms with Crippen molar-refractivity contribution in [2.75, 3.05) is 24.6 Å². The highest BCUT2D eigenvalue weighted by atomic mass is 19.1. The minimum absolute atomic E-state index is 0.117. The lowest BCUT2D eigenvalue weighted by atomic mass is 10.1. The van der Waals surface area contributed by atoms with Crippen molar-refractivity contribution in [3.05, 3.63) is 34.1 Å². The smallest absolute Gasteiger partial charge is 0.274 e. The minimum Gasteiger partial charge on any atom is -0.376 e. The van der Waals surface area contributed by atoms with E-state index >= 15 is 0 Å². The quantitative estimate of drug-likeness (QED) is 0.615. The molecule has 0 aliphatic carbocycles. The fourth-order valence-corrected chi connectivity index (χ4v) is 2.44. The molecular formula is C14H19FN2O3. The van der Waals surface area contributed by atoms with Crippen LogP contribution in [0, 0.1) is 15.9 Å². The molecule has 0 amide bonds. The van der Waals surface area contributed by atoms with E-state index in [-0.39, 0.29) is 11.8 Å². The van der Waals surface area contributed by atoms with Gasteiger partial charge < -0.3 is 9.64 Å². The predicted molar refractivity (Wildman–Crippen MR) is 74.5 cm³/mol. The number of non-ortho nitro benzene ring substituents is 1. The monoisotopic (exact) mass is 282 g/mol. The van der Waals surface area contributed by atoms with Crippen LogP contribution in [0.5, 0.6) is 0 Å². The van der Waals surface area contributed by atoms with Gasteiger partial charge in [0.25, 0.3) is 5.69 Å². The molecule has 1 unspecified atom stereocenters. The number of ether oxygens (including phenoxy) is 1. The zero-order chi connectivity index (χ0) is 14.5. The first-order valence-corrected chi connectivity index (χ1v) is 6.91. The van der Waals surface area contributed by atoms with E-state index in [2.05, 4.69) is 6.92 Å². The van der Waals surface area contributed by atoms with Gasteiger partial charge in [-0.2, -0.15) is 0 Å². The van der Waals surface area contributed by atoms with Crippen LogP contribution in [0.2, 0.25) is 0 Å². The summed E-state index contributed by atoms with van der Waals surface area (Å²) in [4.78, 5) is 12.2. The van der Waals surface area contributed by atoms with Crippen LogP contribution >= 0.6 is 0 Å². The Kier molecular flexibility index (Phi) is 4.89. The molecule has 110 valence electrons. The van der Waals surface area contributed by atoms with E-state index in [1.54, 1.807) is 0 Å². The van der Waals surface area contributed by atoms with Crippen molar-refractivity contribution in [3.8, 4) is 0 Å². The number of nitro benzene ring substituents is 1. The topological polar surface area (TPSA) is 55.6 Å². The van der Waals surface area contributed by atoms with E-state index in [0.29, 0.717) is 18.8 Å². The average Bonchev–Trinajstić information content (AvgIpc) is 2.44. The van der Waals surface area contributed by atoms with Gasteiger partial charge in [0, 0.05) is 31.5 Å². The molecule has 1 fully saturated rings. The maximum Gasteiger partial charge on any atom is 0.274 e. The summed E-state index contributed by atoms with van der Waals surface area (Å²) in [6.07, 6.45) is 3.00. The second-order valence-electron chi connectivity index (χ2n) is 5.01. The summed E-state index contributed by atoms with van der Waals surface area (Å²) in [5, 5.41) is 10.8. The highest BCUT2D eigenvalue weighted by Gasteiger charge is 2.22. The van der Waals surface area contributed by atoms with E-state index in [4.69, 9.17) is 4.74 Å². The van der Waals surface area contributed by atoms with E-state index in [1.807, 2.05) is 4.90 Å². The van der Waals surface area contributed by atoms with Crippen molar-refractivity contribution >= 4 is 11.4 Å². The summed E-state index contributed by atoms with van der Waals surface area (Å²) < 4.78 is 19.2. The highest BCUT2D eigenvalue weighted by Crippen LogP contribution is 2.26. The molecule has 1 atom stereocenters. The molecule has 0 aromatic heterocycles. The lowest BCUT2D eigenvalue weighted by Gasteiger charge is -2.34. The third-order valence-electron chi connectivity index (χ3n) is 3.38. The number of nitro groups is 1. The number of halogens is 1. The molecule has 0 spiro atoms. The molecule has 0 radical (unpaired) electrons. The van der Waals surface area contributed by atoms with Crippen molar-refractivity contribution in [1.29, 1.82) is 0 Å². The van der Waals surface area contributed by atoms with Gasteiger partial charge in [0.1, 0.15) is 5.82 Å². The van der Waals surface area contributed by atoms with Gasteiger partial charge >= 0.3 is 0 Å². The molecule has 0 bridgehead atoms. The van der Waals surface area contributed by atoms with Crippen LogP contribution in [0.3, 0.4) is 0 Å². The summed E-state index contributed by atoms with van der Waals surface area (Å²) in [6.45, 7) is 4.19. The number of benzene rings is 1. The molecule has 1 saturated heterocycles. The Bertz CT molecular complexity index is 481. The fourth-order valence-electron chi connectivity index (χ4n) is 2.44. The van der Waals surface area contributed by atoms with Gasteiger partial charge in [-0.15, -0.1) is 0 Å². The minimum atomic E-state index is -0.578. The third kappa shape index (κ3) is 3.66. The van der Waals surface area contributed by atoms with E-state index in [1.165, 1.54) is 12.1 Å². The van der Waals surface area contributed by atoms with E-state index in [9.17, 15) is 14.5 Å². The summed E-state index contributed by atoms with van der Waals surface area (Å²) in [5.41, 5.74) is 0.345. The molecule has 1 aliphatic rings. The maximum absolute atomic E-state index is 13.5. The van der Waals surface area contributed by atoms with E-state index < -0.39 is 10.7 Å². The van der Waals surface area contributed by atoms with Crippen molar-refractivity contribution in [2.45, 2.75) is 32.3 Å². The van der Waals surface area contributed by atoms with Gasteiger partial charge in [-0.3, -0.25) is 10.1 Å². The summed E-state index contributed by atoms with van der Waals surface area (Å²) in [7, 11) is 0. The lowest BCUT2D eigenvalue weighted by Crippen LogP contribution is -2.39. The van der Waals surface area contributed by atoms with Crippen molar-refractivity contribution < 1.29 is 14.1 Å². The van der Waals surface area contributed by atoms with Crippen molar-refractivity contribution in [3.63, 3.8) is 0 Å². The van der Waals surface area contributed by atoms with Gasteiger partial charge in [0.2, 0.25) is 0 Å². The first kappa shape index (κ1) is 14.7. The van der Waals surface area contributed by atoms with Gasteiger partial charge in [0.05, 0.1) is 17.1 Å². The zero-order valence-corrected chi connectivity index (χ0v) is 11.5. The standard InChI is InChI=1S/C14H19FN2O3/c1-2-6-20-14-4-3-5-16(10-14)12-7-11(15)8-13(9-12)17(18)19/h7-9,14H,2-6,10H2,1H3. The zero-order valence-electron chi connectivity index (χ0n) is 11.5. The first-order valence-electron chi connectivity index (χ1n) is 6.91. The SMILES string of the molecule is CCCOC1CCCN(c2cc(F)cc([N+](=O)[O-])c2)C1. The molecule has 5 nitrogen and oxygen atoms in total. The molecule has 1 aromatic carbocycles. The molecule has 6 heteroatoms. The van der Waals surface area contributed by atoms with Crippen LogP contribution in [-0.2, 0) is 4.74 Å². The Labute approximate surface area is 117 Å². The molecule has 20 heavy (non-hydrogen) atoms. The van der Waals surface area contributed by atoms with Gasteiger partial charge in [-0.1, -0.05) is 6.92 Å². The second kappa shape index (κ2) is 6.65. The molecule has 2 rings (SSSR count). The highest BCUT2D eigenvalue weighted by molar-refractivity contribution is 5.54. The number of hydrogen-bond donors (Lipinski definition) is 0. The van der Waals surface area contributed by atoms with Crippen LogP contribution in [0.4, 0.5) is 15.8 Å². The molecule has 1 aromatic rings. The Hall–Kier alpha value is -1.69. The maximum atomic E-state index is 13.5. The third-order valence-corrected chi connectivity index (χ3v) is 3.38. The van der Waals surface area contributed by atoms with Crippen LogP contribution in [-0.4, -0.2) is 30.7 Å². The molecular weight excluding hydrogens is 263 g/mol. The Morgan fingerprint density at radius 1 is 1.50 bits per heavy atom. The summed E-state index contributed by atoms with van der Waals surface area (Å²) in [5.74, 6) is -0.578. The Morgan fingerprint density at radius 2 is 2.30 bits per heavy atom. The first-order chi connectivity index (χ1) is 9.60. The number of piperidine rings is 1. The lowest BCUT2D eigenvalue weighted by molar-refractivity contribution is -0.385. The number of hydrogen-bond acceptors (Lipinski definition) is 4. The molecule has 0 saturated carbocycles. The van der Waals surface area contributed by atoms with Crippen LogP contribution in [0.1, 0.15) is 26.2 Å². The van der Waals surface area contributed by atoms with Crippen LogP contribution in [0.25, 0.3) is 0 Å². The number of rotatable bonds is 5. The summed E-state index contributed by atoms with van der Waals surface area (Å²) in [6, 6.07) is 3.71. The van der Waals surface area contributed by atoms with E-state index in [0.717, 1.165) is 31.9 Å². The molecule has 1 aliphatic heterocycles. The Morgan fingerprint density at radius 3 is 3.00 bits per heavy atom. The summed E-state index contributed by atoms with van der Waals surface area (Å²) >= 11 is 0. The second-order valence-corrected chi connectivity index (χ2v) is 5.01.